The van der Waals surface area contributed by atoms with Crippen molar-refractivity contribution in [3.63, 3.8) is 0 Å². The van der Waals surface area contributed by atoms with Crippen molar-refractivity contribution in [2.24, 2.45) is 0 Å². The van der Waals surface area contributed by atoms with Crippen LogP contribution in [0.25, 0.3) is 0 Å². The van der Waals surface area contributed by atoms with Gasteiger partial charge in [0.15, 0.2) is 6.10 Å². The van der Waals surface area contributed by atoms with Gasteiger partial charge in [-0.3, -0.25) is 0 Å². The number of hydrogen-bond acceptors (Lipinski definition) is 4. The van der Waals surface area contributed by atoms with Gasteiger partial charge in [0.25, 0.3) is 0 Å². The highest BCUT2D eigenvalue weighted by Gasteiger charge is 2.15. The lowest BCUT2D eigenvalue weighted by atomic mass is 10.1. The number of unbranched alkanes of at least 4 members (excludes halogenated alkanes) is 1. The molecule has 0 aliphatic heterocycles. The molecule has 1 aromatic rings. The van der Waals surface area contributed by atoms with E-state index in [9.17, 15) is 9.59 Å². The van der Waals surface area contributed by atoms with Crippen LogP contribution in [0.15, 0.2) is 24.3 Å². The van der Waals surface area contributed by atoms with Crippen molar-refractivity contribution >= 4 is 11.9 Å². The highest BCUT2D eigenvalue weighted by molar-refractivity contribution is 5.95. The molecule has 1 rings (SSSR count). The summed E-state index contributed by atoms with van der Waals surface area (Å²) in [5.74, 6) is 4.64. The summed E-state index contributed by atoms with van der Waals surface area (Å²) in [6, 6.07) is 6.35. The van der Waals surface area contributed by atoms with Crippen LogP contribution in [0.3, 0.4) is 0 Å². The van der Waals surface area contributed by atoms with Crippen LogP contribution in [-0.2, 0) is 9.47 Å². The van der Waals surface area contributed by atoms with Gasteiger partial charge in [0.05, 0.1) is 17.7 Å². The fourth-order valence-electron chi connectivity index (χ4n) is 1.74. The van der Waals surface area contributed by atoms with Crippen molar-refractivity contribution in [3.05, 3.63) is 35.4 Å². The van der Waals surface area contributed by atoms with Crippen LogP contribution in [0.1, 0.15) is 60.7 Å². The Bertz CT molecular complexity index is 566. The first kappa shape index (κ1) is 17.8. The quantitative estimate of drug-likeness (QED) is 0.439. The molecule has 0 bridgehead atoms. The molecular weight excluding hydrogens is 280 g/mol. The minimum Gasteiger partial charge on any atom is -0.462 e. The van der Waals surface area contributed by atoms with Crippen LogP contribution in [0.5, 0.6) is 0 Å². The van der Waals surface area contributed by atoms with E-state index >= 15 is 0 Å². The van der Waals surface area contributed by atoms with Gasteiger partial charge >= 0.3 is 11.9 Å². The van der Waals surface area contributed by atoms with E-state index in [1.54, 1.807) is 25.1 Å². The van der Waals surface area contributed by atoms with Crippen molar-refractivity contribution in [1.82, 2.24) is 0 Å². The molecule has 0 spiro atoms. The number of carbonyl (C=O) groups is 2. The number of carbonyl (C=O) groups excluding carboxylic acids is 2. The topological polar surface area (TPSA) is 52.6 Å². The molecule has 118 valence electrons. The molecule has 0 aliphatic rings. The molecule has 1 unspecified atom stereocenters. The number of rotatable bonds is 7. The van der Waals surface area contributed by atoms with E-state index in [2.05, 4.69) is 11.8 Å². The Labute approximate surface area is 131 Å². The maximum atomic E-state index is 12.1. The highest BCUT2D eigenvalue weighted by Crippen LogP contribution is 2.11. The van der Waals surface area contributed by atoms with Crippen LogP contribution in [0.4, 0.5) is 0 Å². The summed E-state index contributed by atoms with van der Waals surface area (Å²) < 4.78 is 10.4. The van der Waals surface area contributed by atoms with Gasteiger partial charge in [-0.25, -0.2) is 9.59 Å². The number of benzene rings is 1. The highest BCUT2D eigenvalue weighted by atomic mass is 16.5. The van der Waals surface area contributed by atoms with E-state index < -0.39 is 18.0 Å². The second-order valence-corrected chi connectivity index (χ2v) is 4.77. The Morgan fingerprint density at radius 3 is 2.45 bits per heavy atom. The predicted octanol–water partition coefficient (Wildman–Crippen LogP) is 3.60. The SMILES string of the molecule is CC#CC(CC)OC(=O)c1cccc(C(=O)OCCCC)c1. The van der Waals surface area contributed by atoms with E-state index in [4.69, 9.17) is 9.47 Å². The van der Waals surface area contributed by atoms with Crippen LogP contribution >= 0.6 is 0 Å². The molecule has 0 aromatic heterocycles. The number of ether oxygens (including phenoxy) is 2. The standard InChI is InChI=1S/C18H22O4/c1-4-7-12-21-17(19)14-10-8-11-15(13-14)18(20)22-16(6-3)9-5-2/h8,10-11,13,16H,4,6-7,12H2,1-3H3. The minimum absolute atomic E-state index is 0.321. The molecule has 0 radical (unpaired) electrons. The van der Waals surface area contributed by atoms with Gasteiger partial charge in [-0.15, -0.1) is 5.92 Å². The first-order valence-corrected chi connectivity index (χ1v) is 7.52. The Kier molecular flexibility index (Phi) is 7.77. The summed E-state index contributed by atoms with van der Waals surface area (Å²) >= 11 is 0. The third-order valence-corrected chi connectivity index (χ3v) is 2.99. The van der Waals surface area contributed by atoms with Crippen molar-refractivity contribution in [2.45, 2.75) is 46.1 Å². The van der Waals surface area contributed by atoms with Gasteiger partial charge in [0.1, 0.15) is 0 Å². The zero-order valence-corrected chi connectivity index (χ0v) is 13.3. The van der Waals surface area contributed by atoms with E-state index in [0.29, 0.717) is 24.2 Å². The molecule has 0 saturated heterocycles. The van der Waals surface area contributed by atoms with Gasteiger partial charge in [0, 0.05) is 0 Å². The zero-order chi connectivity index (χ0) is 16.4. The number of esters is 2. The van der Waals surface area contributed by atoms with Gasteiger partial charge in [-0.1, -0.05) is 32.3 Å². The summed E-state index contributed by atoms with van der Waals surface area (Å²) in [5.41, 5.74) is 0.668. The van der Waals surface area contributed by atoms with Gasteiger partial charge in [-0.05, 0) is 38.0 Å². The second-order valence-electron chi connectivity index (χ2n) is 4.77. The van der Waals surface area contributed by atoms with E-state index in [1.807, 2.05) is 13.8 Å². The normalized spacial score (nSPS) is 11.0. The predicted molar refractivity (Wildman–Crippen MR) is 84.6 cm³/mol. The first-order chi connectivity index (χ1) is 10.6. The van der Waals surface area contributed by atoms with E-state index in [-0.39, 0.29) is 0 Å². The van der Waals surface area contributed by atoms with Crippen molar-refractivity contribution < 1.29 is 19.1 Å². The van der Waals surface area contributed by atoms with E-state index in [0.717, 1.165) is 12.8 Å². The van der Waals surface area contributed by atoms with E-state index in [1.165, 1.54) is 6.07 Å². The molecule has 1 aromatic carbocycles. The average Bonchev–Trinajstić information content (AvgIpc) is 2.54. The smallest absolute Gasteiger partial charge is 0.339 e. The maximum absolute atomic E-state index is 12.1. The molecule has 0 amide bonds. The first-order valence-electron chi connectivity index (χ1n) is 7.52. The van der Waals surface area contributed by atoms with Gasteiger partial charge in [0.2, 0.25) is 0 Å². The molecule has 0 heterocycles. The second kappa shape index (κ2) is 9.62. The van der Waals surface area contributed by atoms with Crippen molar-refractivity contribution in [2.75, 3.05) is 6.61 Å². The van der Waals surface area contributed by atoms with Gasteiger partial charge in [-0.2, -0.15) is 0 Å². The Morgan fingerprint density at radius 1 is 1.18 bits per heavy atom. The lowest BCUT2D eigenvalue weighted by Gasteiger charge is -2.11. The zero-order valence-electron chi connectivity index (χ0n) is 13.3. The lowest BCUT2D eigenvalue weighted by Crippen LogP contribution is -2.16. The third kappa shape index (κ3) is 5.61. The molecule has 22 heavy (non-hydrogen) atoms. The largest absolute Gasteiger partial charge is 0.462 e. The van der Waals surface area contributed by atoms with Crippen LogP contribution in [0, 0.1) is 11.8 Å². The third-order valence-electron chi connectivity index (χ3n) is 2.99. The molecular formula is C18H22O4. The average molecular weight is 302 g/mol. The lowest BCUT2D eigenvalue weighted by molar-refractivity contribution is 0.0404. The van der Waals surface area contributed by atoms with Gasteiger partial charge < -0.3 is 9.47 Å². The molecule has 0 aliphatic carbocycles. The fraction of sp³-hybridized carbons (Fsp3) is 0.444. The van der Waals surface area contributed by atoms with Crippen LogP contribution in [-0.4, -0.2) is 24.6 Å². The maximum Gasteiger partial charge on any atom is 0.339 e. The molecule has 0 saturated carbocycles. The summed E-state index contributed by atoms with van der Waals surface area (Å²) in [4.78, 5) is 24.0. The summed E-state index contributed by atoms with van der Waals surface area (Å²) in [6.07, 6.45) is 1.96. The Balaban J connectivity index is 2.75. The fourth-order valence-corrected chi connectivity index (χ4v) is 1.74. The Morgan fingerprint density at radius 2 is 1.86 bits per heavy atom. The number of hydrogen-bond donors (Lipinski definition) is 0. The summed E-state index contributed by atoms with van der Waals surface area (Å²) in [6.45, 7) is 6.00. The van der Waals surface area contributed by atoms with Crippen molar-refractivity contribution in [3.8, 4) is 11.8 Å². The monoisotopic (exact) mass is 302 g/mol. The van der Waals surface area contributed by atoms with Crippen LogP contribution < -0.4 is 0 Å². The molecule has 4 nitrogen and oxygen atoms in total. The van der Waals surface area contributed by atoms with Crippen molar-refractivity contribution in [1.29, 1.82) is 0 Å². The molecule has 1 atom stereocenters. The Hall–Kier alpha value is -2.28. The molecule has 0 fully saturated rings. The van der Waals surface area contributed by atoms with Crippen LogP contribution in [0.2, 0.25) is 0 Å². The minimum atomic E-state index is -0.488. The summed E-state index contributed by atoms with van der Waals surface area (Å²) in [7, 11) is 0. The molecule has 4 heteroatoms. The molecule has 0 N–H and O–H groups in total. The summed E-state index contributed by atoms with van der Waals surface area (Å²) in [5, 5.41) is 0.